The molecule has 0 saturated carbocycles. The molecule has 0 saturated heterocycles. The van der Waals surface area contributed by atoms with Gasteiger partial charge in [-0.2, -0.15) is 4.98 Å². The minimum atomic E-state index is -0.245. The number of carbonyl (C=O) groups is 1. The first-order chi connectivity index (χ1) is 13.1. The average molecular weight is 366 g/mol. The maximum atomic E-state index is 12.8. The smallest absolute Gasteiger partial charge is 0.293 e. The average Bonchev–Trinajstić information content (AvgIpc) is 3.12. The highest BCUT2D eigenvalue weighted by molar-refractivity contribution is 5.90. The van der Waals surface area contributed by atoms with Gasteiger partial charge in [-0.05, 0) is 32.0 Å². The van der Waals surface area contributed by atoms with Crippen molar-refractivity contribution in [2.75, 3.05) is 31.6 Å². The summed E-state index contributed by atoms with van der Waals surface area (Å²) < 4.78 is 7.68. The Bertz CT molecular complexity index is 985. The van der Waals surface area contributed by atoms with Crippen molar-refractivity contribution in [1.29, 1.82) is 0 Å². The van der Waals surface area contributed by atoms with E-state index in [0.717, 1.165) is 30.2 Å². The minimum Gasteiger partial charge on any atom is -0.485 e. The highest BCUT2D eigenvalue weighted by Crippen LogP contribution is 2.32. The number of fused-ring (bicyclic) bond motifs is 2. The molecule has 8 nitrogen and oxygen atoms in total. The fourth-order valence-corrected chi connectivity index (χ4v) is 3.33. The Balaban J connectivity index is 1.50. The number of likely N-dealkylation sites (N-methyl/N-ethyl adjacent to an activating group) is 2. The molecule has 140 valence electrons. The van der Waals surface area contributed by atoms with Gasteiger partial charge in [0.15, 0.2) is 0 Å². The molecule has 0 spiro atoms. The monoisotopic (exact) mass is 366 g/mol. The van der Waals surface area contributed by atoms with Gasteiger partial charge >= 0.3 is 0 Å². The molecule has 1 unspecified atom stereocenters. The summed E-state index contributed by atoms with van der Waals surface area (Å²) in [6.07, 6.45) is 1.54. The van der Waals surface area contributed by atoms with Crippen LogP contribution < -0.4 is 9.64 Å². The van der Waals surface area contributed by atoms with Crippen molar-refractivity contribution in [3.05, 3.63) is 48.0 Å². The van der Waals surface area contributed by atoms with E-state index >= 15 is 0 Å². The molecule has 3 heterocycles. The van der Waals surface area contributed by atoms with Crippen LogP contribution >= 0.6 is 0 Å². The normalized spacial score (nSPS) is 16.1. The van der Waals surface area contributed by atoms with Crippen molar-refractivity contribution in [3.8, 4) is 5.75 Å². The van der Waals surface area contributed by atoms with Crippen molar-refractivity contribution >= 4 is 17.4 Å². The second kappa shape index (κ2) is 6.86. The van der Waals surface area contributed by atoms with Gasteiger partial charge in [0.25, 0.3) is 11.7 Å². The molecular formula is C19H22N6O2. The topological polar surface area (TPSA) is 75.9 Å². The Morgan fingerprint density at radius 1 is 1.33 bits per heavy atom. The van der Waals surface area contributed by atoms with Gasteiger partial charge in [0.1, 0.15) is 11.9 Å². The van der Waals surface area contributed by atoms with Crippen LogP contribution in [0.2, 0.25) is 0 Å². The largest absolute Gasteiger partial charge is 0.485 e. The van der Waals surface area contributed by atoms with Crippen LogP contribution in [0.1, 0.15) is 23.2 Å². The maximum Gasteiger partial charge on any atom is 0.293 e. The lowest BCUT2D eigenvalue weighted by Gasteiger charge is -2.37. The number of rotatable bonds is 4. The third-order valence-corrected chi connectivity index (χ3v) is 4.75. The van der Waals surface area contributed by atoms with Crippen molar-refractivity contribution in [1.82, 2.24) is 24.5 Å². The molecular weight excluding hydrogens is 344 g/mol. The van der Waals surface area contributed by atoms with Crippen LogP contribution in [0.25, 0.3) is 5.78 Å². The van der Waals surface area contributed by atoms with Crippen LogP contribution in [0.4, 0.5) is 5.69 Å². The number of hydrogen-bond donors (Lipinski definition) is 0. The first kappa shape index (κ1) is 17.3. The zero-order chi connectivity index (χ0) is 19.0. The molecule has 1 aliphatic heterocycles. The third kappa shape index (κ3) is 3.18. The highest BCUT2D eigenvalue weighted by Gasteiger charge is 2.28. The van der Waals surface area contributed by atoms with Gasteiger partial charge in [0.05, 0.1) is 18.8 Å². The van der Waals surface area contributed by atoms with Gasteiger partial charge < -0.3 is 14.5 Å². The fraction of sp³-hybridized carbons (Fsp3) is 0.368. The van der Waals surface area contributed by atoms with Crippen LogP contribution in [0.15, 0.2) is 36.5 Å². The van der Waals surface area contributed by atoms with E-state index in [-0.39, 0.29) is 17.8 Å². The van der Waals surface area contributed by atoms with Gasteiger partial charge in [-0.3, -0.25) is 4.79 Å². The Morgan fingerprint density at radius 2 is 2.15 bits per heavy atom. The molecule has 4 rings (SSSR count). The van der Waals surface area contributed by atoms with Crippen LogP contribution in [0, 0.1) is 6.92 Å². The van der Waals surface area contributed by atoms with E-state index < -0.39 is 0 Å². The molecule has 1 aliphatic rings. The predicted molar refractivity (Wildman–Crippen MR) is 101 cm³/mol. The Morgan fingerprint density at radius 3 is 2.93 bits per heavy atom. The van der Waals surface area contributed by atoms with E-state index in [1.54, 1.807) is 22.7 Å². The number of ether oxygens (including phenoxy) is 1. The van der Waals surface area contributed by atoms with Crippen LogP contribution in [0.5, 0.6) is 5.75 Å². The molecule has 1 atom stereocenters. The number of aromatic nitrogens is 4. The molecule has 0 bridgehead atoms. The molecule has 0 radical (unpaired) electrons. The van der Waals surface area contributed by atoms with Crippen molar-refractivity contribution in [2.24, 2.45) is 0 Å². The number of carbonyl (C=O) groups excluding carboxylic acids is 1. The minimum absolute atomic E-state index is 0.120. The SMILES string of the molecule is CCN1CC(CN(C)C(=O)c2nc3nccc(C)n3n2)Oc2ccccc21. The Hall–Kier alpha value is -3.16. The summed E-state index contributed by atoms with van der Waals surface area (Å²) in [5, 5.41) is 4.29. The number of anilines is 1. The molecule has 0 aliphatic carbocycles. The molecule has 8 heteroatoms. The van der Waals surface area contributed by atoms with E-state index in [9.17, 15) is 4.79 Å². The lowest BCUT2D eigenvalue weighted by atomic mass is 10.2. The van der Waals surface area contributed by atoms with Gasteiger partial charge in [0, 0.05) is 25.5 Å². The second-order valence-electron chi connectivity index (χ2n) is 6.67. The first-order valence-electron chi connectivity index (χ1n) is 9.01. The maximum absolute atomic E-state index is 12.8. The predicted octanol–water partition coefficient (Wildman–Crippen LogP) is 1.79. The van der Waals surface area contributed by atoms with Crippen LogP contribution in [0.3, 0.4) is 0 Å². The number of amides is 1. The number of hydrogen-bond acceptors (Lipinski definition) is 6. The van der Waals surface area contributed by atoms with Crippen LogP contribution in [-0.2, 0) is 0 Å². The van der Waals surface area contributed by atoms with E-state index in [0.29, 0.717) is 12.3 Å². The molecule has 1 amide bonds. The molecule has 0 N–H and O–H groups in total. The zero-order valence-corrected chi connectivity index (χ0v) is 15.7. The Kier molecular flexibility index (Phi) is 4.39. The highest BCUT2D eigenvalue weighted by atomic mass is 16.5. The summed E-state index contributed by atoms with van der Waals surface area (Å²) in [5.41, 5.74) is 1.97. The number of nitrogens with zero attached hydrogens (tertiary/aromatic N) is 6. The molecule has 3 aromatic rings. The lowest BCUT2D eigenvalue weighted by Crippen LogP contribution is -2.47. The van der Waals surface area contributed by atoms with Crippen molar-refractivity contribution < 1.29 is 9.53 Å². The van der Waals surface area contributed by atoms with Gasteiger partial charge in [-0.15, -0.1) is 5.10 Å². The van der Waals surface area contributed by atoms with Gasteiger partial charge in [0.2, 0.25) is 5.82 Å². The van der Waals surface area contributed by atoms with Gasteiger partial charge in [-0.1, -0.05) is 12.1 Å². The Labute approximate surface area is 157 Å². The van der Waals surface area contributed by atoms with E-state index in [4.69, 9.17) is 4.74 Å². The van der Waals surface area contributed by atoms with Gasteiger partial charge in [-0.25, -0.2) is 9.50 Å². The standard InChI is InChI=1S/C19H22N6O2/c1-4-24-12-14(27-16-8-6-5-7-15(16)24)11-23(3)18(26)17-21-19-20-10-9-13(2)25(19)22-17/h5-10,14H,4,11-12H2,1-3H3. The molecule has 2 aromatic heterocycles. The third-order valence-electron chi connectivity index (χ3n) is 4.75. The van der Waals surface area contributed by atoms with Crippen molar-refractivity contribution in [3.63, 3.8) is 0 Å². The number of para-hydroxylation sites is 2. The van der Waals surface area contributed by atoms with E-state index in [2.05, 4.69) is 33.0 Å². The molecule has 1 aromatic carbocycles. The summed E-state index contributed by atoms with van der Waals surface area (Å²) >= 11 is 0. The molecule has 0 fully saturated rings. The summed E-state index contributed by atoms with van der Waals surface area (Å²) in [5.74, 6) is 1.17. The van der Waals surface area contributed by atoms with Crippen molar-refractivity contribution in [2.45, 2.75) is 20.0 Å². The van der Waals surface area contributed by atoms with E-state index in [1.165, 1.54) is 0 Å². The quantitative estimate of drug-likeness (QED) is 0.701. The summed E-state index contributed by atoms with van der Waals surface area (Å²) in [4.78, 5) is 25.1. The zero-order valence-electron chi connectivity index (χ0n) is 15.7. The molecule has 27 heavy (non-hydrogen) atoms. The first-order valence-corrected chi connectivity index (χ1v) is 9.01. The van der Waals surface area contributed by atoms with Crippen LogP contribution in [-0.4, -0.2) is 63.2 Å². The summed E-state index contributed by atoms with van der Waals surface area (Å²) in [6, 6.07) is 9.81. The number of aryl methyl sites for hydroxylation is 1. The summed E-state index contributed by atoms with van der Waals surface area (Å²) in [6.45, 7) is 6.07. The van der Waals surface area contributed by atoms with E-state index in [1.807, 2.05) is 31.2 Å². The number of benzene rings is 1. The summed E-state index contributed by atoms with van der Waals surface area (Å²) in [7, 11) is 1.74. The second-order valence-corrected chi connectivity index (χ2v) is 6.67. The fourth-order valence-electron chi connectivity index (χ4n) is 3.33. The lowest BCUT2D eigenvalue weighted by molar-refractivity contribution is 0.0698.